The minimum absolute atomic E-state index is 0.0385. The normalized spacial score (nSPS) is 30.4. The molecule has 1 heterocycles. The van der Waals surface area contributed by atoms with Crippen LogP contribution in [0.5, 0.6) is 0 Å². The number of phosphoric ester groups is 1. The monoisotopic (exact) mass is 984 g/mol. The maximum absolute atomic E-state index is 14.4. The third-order valence-corrected chi connectivity index (χ3v) is 14.7. The molecule has 10 atom stereocenters. The minimum Gasteiger partial charge on any atom is -0.481 e. The van der Waals surface area contributed by atoms with Crippen LogP contribution in [-0.4, -0.2) is 103 Å². The number of carbonyl (C=O) groups excluding carboxylic acids is 6. The van der Waals surface area contributed by atoms with Crippen molar-refractivity contribution in [1.29, 1.82) is 0 Å². The van der Waals surface area contributed by atoms with Gasteiger partial charge in [0, 0.05) is 45.7 Å². The van der Waals surface area contributed by atoms with Crippen LogP contribution in [-0.2, 0) is 47.3 Å². The molecule has 19 nitrogen and oxygen atoms in total. The molecule has 21 heteroatoms. The number of nitrogens with one attached hydrogen (secondary N) is 4. The Morgan fingerprint density at radius 1 is 1.02 bits per heavy atom. The van der Waals surface area contributed by atoms with Crippen LogP contribution in [0.3, 0.4) is 0 Å². The third kappa shape index (κ3) is 9.67. The molecule has 65 heavy (non-hydrogen) atoms. The number of aliphatic carboxylic acids is 1. The number of Topliss-reactive ketones (excluding diaryl/α,β-unsaturated/α-hetero) is 1. The Morgan fingerprint density at radius 3 is 2.40 bits per heavy atom. The predicted molar refractivity (Wildman–Crippen MR) is 233 cm³/mol. The summed E-state index contributed by atoms with van der Waals surface area (Å²) in [4.78, 5) is 108. The molecule has 0 radical (unpaired) electrons. The Morgan fingerprint density at radius 2 is 1.72 bits per heavy atom. The van der Waals surface area contributed by atoms with Crippen LogP contribution in [0, 0.1) is 28.6 Å². The van der Waals surface area contributed by atoms with Crippen molar-refractivity contribution >= 4 is 76.3 Å². The Bertz CT molecular complexity index is 2390. The van der Waals surface area contributed by atoms with Gasteiger partial charge in [-0.3, -0.25) is 38.1 Å². The summed E-state index contributed by atoms with van der Waals surface area (Å²) in [7, 11) is -5.09. The van der Waals surface area contributed by atoms with Crippen LogP contribution >= 0.6 is 23.8 Å². The highest BCUT2D eigenvalue weighted by atomic mass is 79.9. The van der Waals surface area contributed by atoms with Gasteiger partial charge in [0.1, 0.15) is 12.6 Å². The van der Waals surface area contributed by atoms with E-state index in [4.69, 9.17) is 19.1 Å². The number of carboxylic acids is 1. The molecule has 4 amide bonds. The fourth-order valence-corrected chi connectivity index (χ4v) is 11.4. The number of benzene rings is 2. The van der Waals surface area contributed by atoms with Crippen molar-refractivity contribution < 1.29 is 72.1 Å². The van der Waals surface area contributed by atoms with Crippen molar-refractivity contribution in [3.05, 3.63) is 83.5 Å². The molecule has 348 valence electrons. The van der Waals surface area contributed by atoms with Gasteiger partial charge in [0.05, 0.1) is 24.1 Å². The molecule has 3 saturated carbocycles. The van der Waals surface area contributed by atoms with Gasteiger partial charge in [0.15, 0.2) is 23.5 Å². The highest BCUT2D eigenvalue weighted by molar-refractivity contribution is 9.09. The molecule has 1 aliphatic heterocycles. The van der Waals surface area contributed by atoms with Crippen LogP contribution in [0.1, 0.15) is 74.6 Å². The standard InChI is InChI=1S/C44H50BrN4O15P/c1-42-15-14-28(50)17-25(42)6-11-29-30-18-34-44(33(52)22-62-65(59,60)61,43(30,2)19-32(51)38(29)42)64-41(63-34)24-5-3-4-23(16-24)39(57)47-26-7-9-27(10-8-26)48-40(58)31(12-13-37(55)56)49-36(54)21-46-35(53)20-45/h3-5,7-10,14-17,29-32,34,38,41,51H,6,11-13,18-22H2,1-2H3,(H,46,53)(H,47,57)(H,48,58)(H,49,54)(H,55,56)(H2,59,60,61)/t29-,30-,31?,32-,34+,38+,41+,42-,43-,44+/m0/s1. The van der Waals surface area contributed by atoms with Crippen molar-refractivity contribution in [1.82, 2.24) is 10.6 Å². The summed E-state index contributed by atoms with van der Waals surface area (Å²) in [6.07, 6.45) is 2.98. The number of anilines is 2. The number of phosphoric acid groups is 1. The van der Waals surface area contributed by atoms with Gasteiger partial charge in [-0.2, -0.15) is 0 Å². The number of allylic oxidation sites excluding steroid dienone is 4. The van der Waals surface area contributed by atoms with Crippen molar-refractivity contribution in [3.63, 3.8) is 0 Å². The van der Waals surface area contributed by atoms with E-state index in [2.05, 4.69) is 37.2 Å². The van der Waals surface area contributed by atoms with Crippen molar-refractivity contribution in [3.8, 4) is 0 Å². The van der Waals surface area contributed by atoms with E-state index < -0.39 is 104 Å². The van der Waals surface area contributed by atoms with Gasteiger partial charge in [-0.25, -0.2) is 4.57 Å². The molecule has 4 fully saturated rings. The first kappa shape index (κ1) is 48.0. The van der Waals surface area contributed by atoms with Gasteiger partial charge in [-0.1, -0.05) is 53.6 Å². The van der Waals surface area contributed by atoms with Gasteiger partial charge in [-0.05, 0) is 92.5 Å². The van der Waals surface area contributed by atoms with E-state index in [0.717, 1.165) is 5.57 Å². The van der Waals surface area contributed by atoms with Crippen molar-refractivity contribution in [2.24, 2.45) is 28.6 Å². The molecule has 2 aromatic rings. The number of hydrogen-bond acceptors (Lipinski definition) is 12. The van der Waals surface area contributed by atoms with Crippen LogP contribution in [0.25, 0.3) is 0 Å². The molecule has 0 aromatic heterocycles. The molecular formula is C44H50BrN4O15P. The molecule has 5 aliphatic rings. The van der Waals surface area contributed by atoms with Crippen LogP contribution < -0.4 is 21.3 Å². The lowest BCUT2D eigenvalue weighted by Crippen LogP contribution is -2.63. The number of hydrogen-bond donors (Lipinski definition) is 8. The average Bonchev–Trinajstić information content (AvgIpc) is 3.76. The summed E-state index contributed by atoms with van der Waals surface area (Å²) in [5.74, 6) is -5.08. The van der Waals surface area contributed by atoms with Crippen LogP contribution in [0.15, 0.2) is 72.3 Å². The molecule has 7 rings (SSSR count). The number of fused-ring (bicyclic) bond motifs is 7. The molecule has 8 N–H and O–H groups in total. The molecule has 1 unspecified atom stereocenters. The number of alkyl halides is 1. The molecule has 4 aliphatic carbocycles. The first-order valence-electron chi connectivity index (χ1n) is 21.0. The summed E-state index contributed by atoms with van der Waals surface area (Å²) in [5.41, 5.74) is -1.39. The Hall–Kier alpha value is -4.92. The van der Waals surface area contributed by atoms with Crippen molar-refractivity contribution in [2.75, 3.05) is 29.1 Å². The fraction of sp³-hybridized carbons (Fsp3) is 0.477. The predicted octanol–water partition coefficient (Wildman–Crippen LogP) is 3.46. The molecular weight excluding hydrogens is 935 g/mol. The number of halogens is 1. The summed E-state index contributed by atoms with van der Waals surface area (Å²) < 4.78 is 29.8. The summed E-state index contributed by atoms with van der Waals surface area (Å²) in [5, 5.41) is 31.3. The number of ether oxygens (including phenoxy) is 2. The fourth-order valence-electron chi connectivity index (χ4n) is 10.9. The lowest BCUT2D eigenvalue weighted by molar-refractivity contribution is -0.200. The number of aliphatic hydroxyl groups excluding tert-OH is 1. The summed E-state index contributed by atoms with van der Waals surface area (Å²) in [6.45, 7) is 2.46. The quantitative estimate of drug-likeness (QED) is 0.0883. The highest BCUT2D eigenvalue weighted by Gasteiger charge is 2.76. The zero-order valence-corrected chi connectivity index (χ0v) is 37.8. The van der Waals surface area contributed by atoms with E-state index in [1.807, 2.05) is 19.9 Å². The van der Waals surface area contributed by atoms with E-state index in [1.54, 1.807) is 24.3 Å². The number of amides is 4. The Balaban J connectivity index is 1.05. The van der Waals surface area contributed by atoms with Crippen LogP contribution in [0.2, 0.25) is 0 Å². The maximum Gasteiger partial charge on any atom is 0.470 e. The zero-order chi connectivity index (χ0) is 47.1. The van der Waals surface area contributed by atoms with Gasteiger partial charge >= 0.3 is 13.8 Å². The molecule has 0 bridgehead atoms. The SMILES string of the molecule is C[C@]12C=CC(=O)C=C1CC[C@@H]1[C@@H]2[C@@H](O)C[C@@]2(C)[C@H]1C[C@H]1O[C@@H](c3cccc(C(=O)Nc4ccc(NC(=O)C(CCC(=O)O)NC(=O)CNC(=O)CBr)cc4)c3)O[C@]12C(=O)COP(=O)(O)O. The number of rotatable bonds is 16. The largest absolute Gasteiger partial charge is 0.481 e. The van der Waals surface area contributed by atoms with E-state index in [9.17, 15) is 53.0 Å². The Labute approximate surface area is 381 Å². The van der Waals surface area contributed by atoms with Gasteiger partial charge in [0.25, 0.3) is 5.91 Å². The number of carbonyl (C=O) groups is 7. The third-order valence-electron chi connectivity index (χ3n) is 13.7. The van der Waals surface area contributed by atoms with E-state index in [0.29, 0.717) is 30.5 Å². The van der Waals surface area contributed by atoms with Gasteiger partial charge in [0.2, 0.25) is 17.7 Å². The van der Waals surface area contributed by atoms with Gasteiger partial charge < -0.3 is 50.7 Å². The highest BCUT2D eigenvalue weighted by Crippen LogP contribution is 2.70. The van der Waals surface area contributed by atoms with E-state index in [-0.39, 0.29) is 53.0 Å². The summed E-state index contributed by atoms with van der Waals surface area (Å²) in [6, 6.07) is 11.1. The molecule has 2 aromatic carbocycles. The smallest absolute Gasteiger partial charge is 0.470 e. The molecule has 1 saturated heterocycles. The maximum atomic E-state index is 14.4. The number of ketones is 2. The topological polar surface area (TPSA) is 293 Å². The second-order valence-electron chi connectivity index (χ2n) is 17.6. The average molecular weight is 986 g/mol. The Kier molecular flexibility index (Phi) is 13.9. The van der Waals surface area contributed by atoms with Crippen LogP contribution in [0.4, 0.5) is 11.4 Å². The van der Waals surface area contributed by atoms with E-state index >= 15 is 0 Å². The lowest BCUT2D eigenvalue weighted by atomic mass is 9.46. The lowest BCUT2D eigenvalue weighted by Gasteiger charge is -2.59. The summed E-state index contributed by atoms with van der Waals surface area (Å²) >= 11 is 2.96. The van der Waals surface area contributed by atoms with E-state index in [1.165, 1.54) is 36.4 Å². The molecule has 0 spiro atoms. The van der Waals surface area contributed by atoms with Crippen molar-refractivity contribution in [2.45, 2.75) is 82.5 Å². The first-order valence-corrected chi connectivity index (χ1v) is 23.7. The zero-order valence-electron chi connectivity index (χ0n) is 35.4. The second kappa shape index (κ2) is 18.8. The second-order valence-corrected chi connectivity index (χ2v) is 19.4. The first-order chi connectivity index (χ1) is 30.7. The number of carboxylic acid groups (broad SMARTS) is 1. The number of aliphatic hydroxyl groups is 1. The minimum atomic E-state index is -5.09. The van der Waals surface area contributed by atoms with Gasteiger partial charge in [-0.15, -0.1) is 0 Å².